The number of carbonyl (C=O) groups excluding carboxylic acids is 2. The van der Waals surface area contributed by atoms with Crippen molar-refractivity contribution in [2.24, 2.45) is 0 Å². The number of benzene rings is 3. The topological polar surface area (TPSA) is 102 Å². The van der Waals surface area contributed by atoms with E-state index in [-0.39, 0.29) is 16.5 Å². The molecule has 3 aromatic carbocycles. The van der Waals surface area contributed by atoms with Gasteiger partial charge in [-0.1, -0.05) is 95.7 Å². The molecule has 1 saturated heterocycles. The summed E-state index contributed by atoms with van der Waals surface area (Å²) < 4.78 is 12.4. The van der Waals surface area contributed by atoms with Gasteiger partial charge in [-0.2, -0.15) is 0 Å². The zero-order valence-corrected chi connectivity index (χ0v) is 26.3. The molecule has 0 aliphatic carbocycles. The third-order valence-electron chi connectivity index (χ3n) is 6.73. The van der Waals surface area contributed by atoms with Crippen molar-refractivity contribution in [3.05, 3.63) is 99.6 Å². The molecule has 1 N–H and O–H groups in total. The Balaban J connectivity index is 1.58. The summed E-state index contributed by atoms with van der Waals surface area (Å²) in [6.45, 7) is 6.69. The van der Waals surface area contributed by atoms with E-state index in [1.54, 1.807) is 30.3 Å². The predicted molar refractivity (Wildman–Crippen MR) is 170 cm³/mol. The van der Waals surface area contributed by atoms with Crippen LogP contribution < -0.4 is 14.4 Å². The molecule has 1 aliphatic rings. The van der Waals surface area contributed by atoms with Crippen LogP contribution in [0.15, 0.2) is 76.6 Å². The van der Waals surface area contributed by atoms with Crippen LogP contribution >= 0.6 is 34.7 Å². The first-order valence-corrected chi connectivity index (χ1v) is 16.0. The number of ketones is 1. The maximum Gasteiger partial charge on any atom is 0.301 e. The number of thioether (sulfide) groups is 1. The van der Waals surface area contributed by atoms with Gasteiger partial charge in [-0.3, -0.25) is 14.5 Å². The molecule has 1 unspecified atom stereocenters. The lowest BCUT2D eigenvalue weighted by molar-refractivity contribution is -0.132. The first-order valence-electron chi connectivity index (χ1n) is 13.8. The first kappa shape index (κ1) is 30.6. The molecular weight excluding hydrogens is 606 g/mol. The zero-order chi connectivity index (χ0) is 30.5. The predicted octanol–water partition coefficient (Wildman–Crippen LogP) is 7.61. The molecule has 0 spiro atoms. The number of aliphatic hydroxyl groups excluding tert-OH is 1. The fraction of sp³-hybridized carbons (Fsp3) is 0.250. The zero-order valence-electron chi connectivity index (χ0n) is 23.9. The quantitative estimate of drug-likeness (QED) is 0.0591. The van der Waals surface area contributed by atoms with E-state index in [2.05, 4.69) is 10.2 Å². The average molecular weight is 636 g/mol. The number of carbonyl (C=O) groups is 2. The molecule has 43 heavy (non-hydrogen) atoms. The second-order valence-corrected chi connectivity index (χ2v) is 12.3. The molecule has 222 valence electrons. The molecular formula is C32H30ClN3O5S2. The number of amides is 1. The Hall–Kier alpha value is -3.86. The summed E-state index contributed by atoms with van der Waals surface area (Å²) in [5.41, 5.74) is 2.88. The number of nitrogens with zero attached hydrogens (tertiary/aromatic N) is 3. The molecule has 0 radical (unpaired) electrons. The Bertz CT molecular complexity index is 1670. The Morgan fingerprint density at radius 2 is 1.79 bits per heavy atom. The van der Waals surface area contributed by atoms with Crippen molar-refractivity contribution in [3.63, 3.8) is 0 Å². The lowest BCUT2D eigenvalue weighted by Gasteiger charge is -2.23. The highest BCUT2D eigenvalue weighted by atomic mass is 35.5. The van der Waals surface area contributed by atoms with Gasteiger partial charge in [-0.05, 0) is 49.6 Å². The van der Waals surface area contributed by atoms with Crippen molar-refractivity contribution in [1.82, 2.24) is 10.2 Å². The van der Waals surface area contributed by atoms with E-state index < -0.39 is 17.7 Å². The number of aryl methyl sites for hydroxylation is 1. The van der Waals surface area contributed by atoms with Crippen LogP contribution in [0.3, 0.4) is 0 Å². The lowest BCUT2D eigenvalue weighted by atomic mass is 9.95. The van der Waals surface area contributed by atoms with Crippen LogP contribution in [0.25, 0.3) is 5.76 Å². The standard InChI is InChI=1S/C32H30ClN3O5S2/c1-4-16-41-24-15-14-21(17-25(24)40-5-2)27-26(28(37)20-12-10-19(3)11-13-20)29(38)30(39)36(27)31-34-35-32(43-31)42-18-22-8-6-7-9-23(22)33/h6-15,17,27,37H,4-5,16,18H2,1-3H3. The Labute approximate surface area is 263 Å². The number of rotatable bonds is 11. The molecule has 1 fully saturated rings. The highest BCUT2D eigenvalue weighted by Gasteiger charge is 2.48. The van der Waals surface area contributed by atoms with E-state index in [9.17, 15) is 14.7 Å². The molecule has 2 heterocycles. The minimum Gasteiger partial charge on any atom is -0.507 e. The number of Topliss-reactive ketones (excluding diaryl/α,β-unsaturated/α-hetero) is 1. The monoisotopic (exact) mass is 635 g/mol. The van der Waals surface area contributed by atoms with Gasteiger partial charge in [0, 0.05) is 16.3 Å². The molecule has 11 heteroatoms. The van der Waals surface area contributed by atoms with Gasteiger partial charge < -0.3 is 14.6 Å². The molecule has 1 atom stereocenters. The van der Waals surface area contributed by atoms with Gasteiger partial charge >= 0.3 is 5.91 Å². The largest absolute Gasteiger partial charge is 0.507 e. The third kappa shape index (κ3) is 6.56. The molecule has 0 saturated carbocycles. The number of aliphatic hydroxyl groups is 1. The number of ether oxygens (including phenoxy) is 2. The second kappa shape index (κ2) is 13.6. The summed E-state index contributed by atoms with van der Waals surface area (Å²) in [4.78, 5) is 28.5. The summed E-state index contributed by atoms with van der Waals surface area (Å²) in [6.07, 6.45) is 0.817. The Morgan fingerprint density at radius 3 is 2.51 bits per heavy atom. The van der Waals surface area contributed by atoms with Crippen molar-refractivity contribution in [2.45, 2.75) is 43.3 Å². The smallest absolute Gasteiger partial charge is 0.301 e. The molecule has 8 nitrogen and oxygen atoms in total. The number of anilines is 1. The van der Waals surface area contributed by atoms with Crippen LogP contribution in [0.1, 0.15) is 48.6 Å². The molecule has 5 rings (SSSR count). The van der Waals surface area contributed by atoms with E-state index in [1.807, 2.05) is 57.2 Å². The average Bonchev–Trinajstić information content (AvgIpc) is 3.58. The van der Waals surface area contributed by atoms with Gasteiger partial charge in [0.05, 0.1) is 24.8 Å². The highest BCUT2D eigenvalue weighted by molar-refractivity contribution is 8.00. The SMILES string of the molecule is CCCOc1ccc(C2C(=C(O)c3ccc(C)cc3)C(=O)C(=O)N2c2nnc(SCc3ccccc3Cl)s2)cc1OCC. The van der Waals surface area contributed by atoms with E-state index in [0.29, 0.717) is 51.0 Å². The fourth-order valence-corrected chi connectivity index (χ4v) is 6.77. The molecule has 1 aliphatic heterocycles. The number of hydrogen-bond donors (Lipinski definition) is 1. The van der Waals surface area contributed by atoms with Gasteiger partial charge in [0.15, 0.2) is 15.8 Å². The second-order valence-electron chi connectivity index (χ2n) is 9.75. The summed E-state index contributed by atoms with van der Waals surface area (Å²) >= 11 is 8.94. The Morgan fingerprint density at radius 1 is 1.02 bits per heavy atom. The van der Waals surface area contributed by atoms with Gasteiger partial charge in [0.1, 0.15) is 5.76 Å². The first-order chi connectivity index (χ1) is 20.8. The van der Waals surface area contributed by atoms with Crippen LogP contribution in [0, 0.1) is 6.92 Å². The molecule has 0 bridgehead atoms. The number of aromatic nitrogens is 2. The lowest BCUT2D eigenvalue weighted by Crippen LogP contribution is -2.29. The van der Waals surface area contributed by atoms with Crippen molar-refractivity contribution < 1.29 is 24.2 Å². The number of halogens is 1. The minimum atomic E-state index is -0.977. The summed E-state index contributed by atoms with van der Waals surface area (Å²) in [5, 5.41) is 20.9. The summed E-state index contributed by atoms with van der Waals surface area (Å²) in [7, 11) is 0. The molecule has 1 amide bonds. The van der Waals surface area contributed by atoms with Gasteiger partial charge in [-0.15, -0.1) is 10.2 Å². The van der Waals surface area contributed by atoms with E-state index >= 15 is 0 Å². The van der Waals surface area contributed by atoms with Crippen LogP contribution in [0.2, 0.25) is 5.02 Å². The van der Waals surface area contributed by atoms with Gasteiger partial charge in [0.2, 0.25) is 5.13 Å². The normalized spacial score (nSPS) is 16.1. The number of hydrogen-bond acceptors (Lipinski definition) is 9. The van der Waals surface area contributed by atoms with E-state index in [4.69, 9.17) is 21.1 Å². The summed E-state index contributed by atoms with van der Waals surface area (Å²) in [5.74, 6) is -0.303. The highest BCUT2D eigenvalue weighted by Crippen LogP contribution is 2.45. The maximum absolute atomic E-state index is 13.6. The van der Waals surface area contributed by atoms with Gasteiger partial charge in [-0.25, -0.2) is 0 Å². The molecule has 1 aromatic heterocycles. The van der Waals surface area contributed by atoms with Crippen LogP contribution in [0.5, 0.6) is 11.5 Å². The van der Waals surface area contributed by atoms with Crippen LogP contribution in [-0.2, 0) is 15.3 Å². The van der Waals surface area contributed by atoms with Crippen molar-refractivity contribution in [1.29, 1.82) is 0 Å². The maximum atomic E-state index is 13.6. The van der Waals surface area contributed by atoms with E-state index in [1.165, 1.54) is 28.0 Å². The van der Waals surface area contributed by atoms with Crippen LogP contribution in [-0.4, -0.2) is 40.2 Å². The third-order valence-corrected chi connectivity index (χ3v) is 9.20. The van der Waals surface area contributed by atoms with Crippen molar-refractivity contribution in [3.8, 4) is 11.5 Å². The van der Waals surface area contributed by atoms with Crippen molar-refractivity contribution in [2.75, 3.05) is 18.1 Å². The fourth-order valence-electron chi connectivity index (χ4n) is 4.62. The van der Waals surface area contributed by atoms with Gasteiger partial charge in [0.25, 0.3) is 5.78 Å². The minimum absolute atomic E-state index is 0.0426. The van der Waals surface area contributed by atoms with Crippen molar-refractivity contribution >= 4 is 57.3 Å². The summed E-state index contributed by atoms with van der Waals surface area (Å²) in [6, 6.07) is 18.9. The Kier molecular flexibility index (Phi) is 9.69. The van der Waals surface area contributed by atoms with Crippen LogP contribution in [0.4, 0.5) is 5.13 Å². The van der Waals surface area contributed by atoms with E-state index in [0.717, 1.165) is 17.5 Å². The molecule has 4 aromatic rings.